The normalized spacial score (nSPS) is 10.6. The number of rotatable bonds is 1. The van der Waals surface area contributed by atoms with Crippen molar-refractivity contribution < 1.29 is 19.1 Å². The Hall–Kier alpha value is -2.24. The molecule has 0 aliphatic heterocycles. The number of nitrogens with two attached hydrogens (primary N) is 1. The van der Waals surface area contributed by atoms with E-state index in [0.717, 1.165) is 0 Å². The van der Waals surface area contributed by atoms with E-state index < -0.39 is 17.3 Å². The van der Waals surface area contributed by atoms with Gasteiger partial charge in [0.25, 0.3) is 0 Å². The number of aryl methyl sites for hydroxylation is 1. The van der Waals surface area contributed by atoms with Crippen molar-refractivity contribution >= 4 is 5.82 Å². The lowest BCUT2D eigenvalue weighted by Gasteiger charge is -2.06. The molecule has 0 unspecified atom stereocenters. The molecule has 1 aromatic heterocycles. The molecule has 0 aliphatic rings. The van der Waals surface area contributed by atoms with Gasteiger partial charge in [0.2, 0.25) is 0 Å². The molecule has 4 N–H and O–H groups in total. The second kappa shape index (κ2) is 3.41. The Morgan fingerprint density at radius 1 is 1.31 bits per heavy atom. The van der Waals surface area contributed by atoms with Crippen LogP contribution >= 0.6 is 0 Å². The maximum Gasteiger partial charge on any atom is 0.195 e. The molecule has 16 heavy (non-hydrogen) atoms. The van der Waals surface area contributed by atoms with Gasteiger partial charge < -0.3 is 20.5 Å². The minimum atomic E-state index is -0.973. The Balaban J connectivity index is 2.66. The zero-order chi connectivity index (χ0) is 11.9. The Bertz CT molecular complexity index is 551. The second-order valence-electron chi connectivity index (χ2n) is 3.37. The van der Waals surface area contributed by atoms with Crippen LogP contribution in [0.5, 0.6) is 11.5 Å². The number of hydrogen-bond acceptors (Lipinski definition) is 5. The summed E-state index contributed by atoms with van der Waals surface area (Å²) in [5.41, 5.74) is 5.65. The van der Waals surface area contributed by atoms with Gasteiger partial charge in [-0.25, -0.2) is 4.39 Å². The third-order valence-corrected chi connectivity index (χ3v) is 2.20. The van der Waals surface area contributed by atoms with Crippen molar-refractivity contribution in [2.75, 3.05) is 5.73 Å². The van der Waals surface area contributed by atoms with Crippen LogP contribution in [-0.4, -0.2) is 15.4 Å². The van der Waals surface area contributed by atoms with E-state index in [9.17, 15) is 14.6 Å². The van der Waals surface area contributed by atoms with Crippen molar-refractivity contribution in [3.8, 4) is 22.8 Å². The van der Waals surface area contributed by atoms with Crippen LogP contribution in [0, 0.1) is 12.7 Å². The molecule has 0 atom stereocenters. The molecule has 5 nitrogen and oxygen atoms in total. The van der Waals surface area contributed by atoms with Crippen LogP contribution in [0.15, 0.2) is 16.7 Å². The Morgan fingerprint density at radius 2 is 2.00 bits per heavy atom. The Morgan fingerprint density at radius 3 is 2.56 bits per heavy atom. The largest absolute Gasteiger partial charge is 0.504 e. The molecular weight excluding hydrogens is 215 g/mol. The van der Waals surface area contributed by atoms with Gasteiger partial charge in [0.1, 0.15) is 0 Å². The second-order valence-corrected chi connectivity index (χ2v) is 3.37. The SMILES string of the molecule is Cc1cc(-c2cc(N)no2)c(F)c(O)c1O. The van der Waals surface area contributed by atoms with Crippen molar-refractivity contribution in [1.82, 2.24) is 5.16 Å². The molecule has 0 saturated heterocycles. The van der Waals surface area contributed by atoms with Gasteiger partial charge in [0.15, 0.2) is 28.9 Å². The standard InChI is InChI=1S/C10H9FN2O3/c1-4-2-5(6-3-7(12)13-16-6)8(11)10(15)9(4)14/h2-3,14-15H,1H3,(H2,12,13). The molecule has 1 heterocycles. The topological polar surface area (TPSA) is 92.5 Å². The lowest BCUT2D eigenvalue weighted by molar-refractivity contribution is 0.375. The fourth-order valence-electron chi connectivity index (χ4n) is 1.36. The summed E-state index contributed by atoms with van der Waals surface area (Å²) in [6, 6.07) is 2.67. The molecule has 84 valence electrons. The summed E-state index contributed by atoms with van der Waals surface area (Å²) in [6.07, 6.45) is 0. The van der Waals surface area contributed by atoms with Crippen LogP contribution in [0.3, 0.4) is 0 Å². The minimum absolute atomic E-state index is 0.00278. The molecule has 1 aromatic carbocycles. The van der Waals surface area contributed by atoms with Crippen LogP contribution in [0.1, 0.15) is 5.56 Å². The highest BCUT2D eigenvalue weighted by atomic mass is 19.1. The number of anilines is 1. The van der Waals surface area contributed by atoms with Crippen LogP contribution in [0.2, 0.25) is 0 Å². The van der Waals surface area contributed by atoms with E-state index >= 15 is 0 Å². The highest BCUT2D eigenvalue weighted by molar-refractivity contribution is 5.67. The molecule has 0 fully saturated rings. The van der Waals surface area contributed by atoms with Gasteiger partial charge in [-0.3, -0.25) is 0 Å². The summed E-state index contributed by atoms with van der Waals surface area (Å²) >= 11 is 0. The third-order valence-electron chi connectivity index (χ3n) is 2.20. The Labute approximate surface area is 89.9 Å². The number of aromatic hydroxyl groups is 2. The van der Waals surface area contributed by atoms with Gasteiger partial charge in [-0.2, -0.15) is 0 Å². The number of nitrogens with zero attached hydrogens (tertiary/aromatic N) is 1. The zero-order valence-corrected chi connectivity index (χ0v) is 8.36. The van der Waals surface area contributed by atoms with E-state index in [1.54, 1.807) is 0 Å². The molecule has 0 bridgehead atoms. The first-order valence-corrected chi connectivity index (χ1v) is 4.44. The fraction of sp³-hybridized carbons (Fsp3) is 0.100. The highest BCUT2D eigenvalue weighted by Gasteiger charge is 2.19. The lowest BCUT2D eigenvalue weighted by Crippen LogP contribution is -1.87. The molecule has 2 aromatic rings. The molecule has 0 amide bonds. The summed E-state index contributed by atoms with van der Waals surface area (Å²) in [7, 11) is 0. The van der Waals surface area contributed by atoms with E-state index in [1.165, 1.54) is 19.1 Å². The van der Waals surface area contributed by atoms with E-state index in [2.05, 4.69) is 5.16 Å². The predicted octanol–water partition coefficient (Wildman–Crippen LogP) is 1.78. The molecule has 0 spiro atoms. The predicted molar refractivity (Wildman–Crippen MR) is 54.4 cm³/mol. The smallest absolute Gasteiger partial charge is 0.195 e. The number of aromatic nitrogens is 1. The number of halogens is 1. The summed E-state index contributed by atoms with van der Waals surface area (Å²) in [5.74, 6) is -2.08. The first kappa shape index (κ1) is 10.3. The first-order chi connectivity index (χ1) is 7.50. The maximum absolute atomic E-state index is 13.6. The molecular formula is C10H9FN2O3. The van der Waals surface area contributed by atoms with Gasteiger partial charge in [-0.05, 0) is 18.6 Å². The van der Waals surface area contributed by atoms with Crippen molar-refractivity contribution in [3.63, 3.8) is 0 Å². The third kappa shape index (κ3) is 1.44. The summed E-state index contributed by atoms with van der Waals surface area (Å²) < 4.78 is 18.4. The number of hydrogen-bond donors (Lipinski definition) is 3. The van der Waals surface area contributed by atoms with Crippen molar-refractivity contribution in [2.24, 2.45) is 0 Å². The zero-order valence-electron chi connectivity index (χ0n) is 8.36. The van der Waals surface area contributed by atoms with Gasteiger partial charge >= 0.3 is 0 Å². The monoisotopic (exact) mass is 224 g/mol. The van der Waals surface area contributed by atoms with Crippen molar-refractivity contribution in [3.05, 3.63) is 23.5 Å². The van der Waals surface area contributed by atoms with Crippen LogP contribution < -0.4 is 5.73 Å². The number of benzene rings is 1. The van der Waals surface area contributed by atoms with E-state index in [-0.39, 0.29) is 17.1 Å². The first-order valence-electron chi connectivity index (χ1n) is 4.44. The van der Waals surface area contributed by atoms with Gasteiger partial charge in [-0.1, -0.05) is 5.16 Å². The van der Waals surface area contributed by atoms with Gasteiger partial charge in [0.05, 0.1) is 5.56 Å². The van der Waals surface area contributed by atoms with Crippen LogP contribution in [0.4, 0.5) is 10.2 Å². The molecule has 0 saturated carbocycles. The average molecular weight is 224 g/mol. The maximum atomic E-state index is 13.6. The molecule has 0 aliphatic carbocycles. The van der Waals surface area contributed by atoms with Crippen LogP contribution in [-0.2, 0) is 0 Å². The summed E-state index contributed by atoms with van der Waals surface area (Å²) in [6.45, 7) is 1.53. The molecule has 0 radical (unpaired) electrons. The number of phenols is 2. The van der Waals surface area contributed by atoms with E-state index in [0.29, 0.717) is 5.56 Å². The van der Waals surface area contributed by atoms with E-state index in [4.69, 9.17) is 10.3 Å². The number of phenolic OH excluding ortho intramolecular Hbond substituents is 2. The van der Waals surface area contributed by atoms with Gasteiger partial charge in [0, 0.05) is 6.07 Å². The van der Waals surface area contributed by atoms with Crippen molar-refractivity contribution in [1.29, 1.82) is 0 Å². The lowest BCUT2D eigenvalue weighted by atomic mass is 10.1. The average Bonchev–Trinajstić information content (AvgIpc) is 2.67. The van der Waals surface area contributed by atoms with Gasteiger partial charge in [-0.15, -0.1) is 0 Å². The Kier molecular flexibility index (Phi) is 2.19. The molecule has 2 rings (SSSR count). The fourth-order valence-corrected chi connectivity index (χ4v) is 1.36. The minimum Gasteiger partial charge on any atom is -0.504 e. The summed E-state index contributed by atoms with van der Waals surface area (Å²) in [5, 5.41) is 22.0. The summed E-state index contributed by atoms with van der Waals surface area (Å²) in [4.78, 5) is 0. The van der Waals surface area contributed by atoms with Crippen LogP contribution in [0.25, 0.3) is 11.3 Å². The highest BCUT2D eigenvalue weighted by Crippen LogP contribution is 2.38. The van der Waals surface area contributed by atoms with E-state index in [1.807, 2.05) is 0 Å². The van der Waals surface area contributed by atoms with Crippen molar-refractivity contribution in [2.45, 2.75) is 6.92 Å². The number of nitrogen functional groups attached to an aromatic ring is 1. The quantitative estimate of drug-likeness (QED) is 0.642. The molecule has 6 heteroatoms.